The molecule has 0 unspecified atom stereocenters. The molecule has 1 saturated carbocycles. The van der Waals surface area contributed by atoms with Crippen LogP contribution in [0.2, 0.25) is 0 Å². The summed E-state index contributed by atoms with van der Waals surface area (Å²) in [6.45, 7) is 0.626. The van der Waals surface area contributed by atoms with E-state index in [4.69, 9.17) is 5.26 Å². The Hall–Kier alpha value is -1.60. The molecule has 1 aromatic rings. The average Bonchev–Trinajstić information content (AvgIpc) is 2.76. The van der Waals surface area contributed by atoms with E-state index < -0.39 is 5.60 Å². The number of nitriles is 1. The van der Waals surface area contributed by atoms with Crippen molar-refractivity contribution in [1.82, 2.24) is 4.98 Å². The largest absolute Gasteiger partial charge is 0.388 e. The molecule has 1 aliphatic carbocycles. The maximum atomic E-state index is 10.3. The minimum Gasteiger partial charge on any atom is -0.388 e. The standard InChI is InChI=1S/C13H17N3O/c1-16(10-13(17)6-2-3-7-13)12-5-4-11(8-14)15-9-12/h4-5,9,17H,2-3,6-7,10H2,1H3. The molecular formula is C13H17N3O. The lowest BCUT2D eigenvalue weighted by molar-refractivity contribution is 0.0559. The molecule has 4 heteroatoms. The van der Waals surface area contributed by atoms with Crippen molar-refractivity contribution < 1.29 is 5.11 Å². The van der Waals surface area contributed by atoms with Crippen LogP contribution in [0.15, 0.2) is 18.3 Å². The summed E-state index contributed by atoms with van der Waals surface area (Å²) in [5.74, 6) is 0. The lowest BCUT2D eigenvalue weighted by atomic mass is 10.0. The number of aromatic nitrogens is 1. The normalized spacial score (nSPS) is 17.7. The van der Waals surface area contributed by atoms with Gasteiger partial charge in [-0.1, -0.05) is 12.8 Å². The lowest BCUT2D eigenvalue weighted by Crippen LogP contribution is -2.39. The van der Waals surface area contributed by atoms with Crippen molar-refractivity contribution in [1.29, 1.82) is 5.26 Å². The van der Waals surface area contributed by atoms with Crippen LogP contribution in [0.3, 0.4) is 0 Å². The number of aliphatic hydroxyl groups is 1. The van der Waals surface area contributed by atoms with Gasteiger partial charge in [-0.05, 0) is 25.0 Å². The van der Waals surface area contributed by atoms with Gasteiger partial charge in [0.2, 0.25) is 0 Å². The van der Waals surface area contributed by atoms with E-state index in [-0.39, 0.29) is 0 Å². The van der Waals surface area contributed by atoms with Gasteiger partial charge in [-0.2, -0.15) is 5.26 Å². The second-order valence-corrected chi connectivity index (χ2v) is 4.80. The smallest absolute Gasteiger partial charge is 0.140 e. The zero-order valence-electron chi connectivity index (χ0n) is 10.1. The lowest BCUT2D eigenvalue weighted by Gasteiger charge is -2.29. The van der Waals surface area contributed by atoms with Crippen molar-refractivity contribution in [3.8, 4) is 6.07 Å². The van der Waals surface area contributed by atoms with Crippen molar-refractivity contribution in [3.05, 3.63) is 24.0 Å². The minimum absolute atomic E-state index is 0.418. The zero-order valence-corrected chi connectivity index (χ0v) is 10.1. The summed E-state index contributed by atoms with van der Waals surface area (Å²) in [6, 6.07) is 5.56. The van der Waals surface area contributed by atoms with Gasteiger partial charge in [0, 0.05) is 13.6 Å². The molecule has 17 heavy (non-hydrogen) atoms. The number of nitrogens with zero attached hydrogens (tertiary/aromatic N) is 3. The highest BCUT2D eigenvalue weighted by atomic mass is 16.3. The highest BCUT2D eigenvalue weighted by Crippen LogP contribution is 2.30. The molecule has 0 amide bonds. The van der Waals surface area contributed by atoms with E-state index in [2.05, 4.69) is 4.98 Å². The van der Waals surface area contributed by atoms with Gasteiger partial charge in [0.15, 0.2) is 0 Å². The highest BCUT2D eigenvalue weighted by Gasteiger charge is 2.32. The minimum atomic E-state index is -0.553. The van der Waals surface area contributed by atoms with Crippen molar-refractivity contribution >= 4 is 5.69 Å². The van der Waals surface area contributed by atoms with Gasteiger partial charge in [-0.15, -0.1) is 0 Å². The molecule has 0 radical (unpaired) electrons. The Morgan fingerprint density at radius 2 is 2.18 bits per heavy atom. The van der Waals surface area contributed by atoms with E-state index in [0.717, 1.165) is 31.4 Å². The maximum absolute atomic E-state index is 10.3. The van der Waals surface area contributed by atoms with E-state index in [0.29, 0.717) is 12.2 Å². The Bertz CT molecular complexity index is 415. The fourth-order valence-corrected chi connectivity index (χ4v) is 2.40. The van der Waals surface area contributed by atoms with Gasteiger partial charge in [0.1, 0.15) is 11.8 Å². The number of rotatable bonds is 3. The van der Waals surface area contributed by atoms with Crippen LogP contribution < -0.4 is 4.90 Å². The number of hydrogen-bond acceptors (Lipinski definition) is 4. The number of pyridine rings is 1. The predicted octanol–water partition coefficient (Wildman–Crippen LogP) is 1.69. The third-order valence-corrected chi connectivity index (χ3v) is 3.37. The molecule has 1 aromatic heterocycles. The number of anilines is 1. The molecule has 90 valence electrons. The molecule has 2 rings (SSSR count). The average molecular weight is 231 g/mol. The van der Waals surface area contributed by atoms with E-state index in [1.165, 1.54) is 0 Å². The van der Waals surface area contributed by atoms with Crippen LogP contribution in [0.1, 0.15) is 31.4 Å². The maximum Gasteiger partial charge on any atom is 0.140 e. The summed E-state index contributed by atoms with van der Waals surface area (Å²) in [7, 11) is 1.94. The molecule has 1 heterocycles. The summed E-state index contributed by atoms with van der Waals surface area (Å²) in [5, 5.41) is 19.0. The molecule has 0 bridgehead atoms. The van der Waals surface area contributed by atoms with Crippen molar-refractivity contribution in [3.63, 3.8) is 0 Å². The third kappa shape index (κ3) is 2.75. The second kappa shape index (κ2) is 4.72. The summed E-state index contributed by atoms with van der Waals surface area (Å²) in [6.07, 6.45) is 5.64. The molecular weight excluding hydrogens is 214 g/mol. The van der Waals surface area contributed by atoms with Crippen LogP contribution in [0.4, 0.5) is 5.69 Å². The van der Waals surface area contributed by atoms with Crippen LogP contribution in [0, 0.1) is 11.3 Å². The van der Waals surface area contributed by atoms with Crippen LogP contribution in [0.5, 0.6) is 0 Å². The van der Waals surface area contributed by atoms with Gasteiger partial charge in [-0.25, -0.2) is 4.98 Å². The van der Waals surface area contributed by atoms with Gasteiger partial charge in [-0.3, -0.25) is 0 Å². The first-order valence-electron chi connectivity index (χ1n) is 5.93. The van der Waals surface area contributed by atoms with E-state index >= 15 is 0 Å². The summed E-state index contributed by atoms with van der Waals surface area (Å²) in [4.78, 5) is 6.03. The molecule has 0 atom stereocenters. The van der Waals surface area contributed by atoms with E-state index in [9.17, 15) is 5.11 Å². The molecule has 0 spiro atoms. The molecule has 0 aromatic carbocycles. The zero-order chi connectivity index (χ0) is 12.3. The van der Waals surface area contributed by atoms with Crippen LogP contribution >= 0.6 is 0 Å². The predicted molar refractivity (Wildman–Crippen MR) is 65.6 cm³/mol. The van der Waals surface area contributed by atoms with E-state index in [1.807, 2.05) is 24.1 Å². The Morgan fingerprint density at radius 1 is 1.47 bits per heavy atom. The van der Waals surface area contributed by atoms with Gasteiger partial charge in [0.05, 0.1) is 17.5 Å². The Kier molecular flexibility index (Phi) is 3.30. The monoisotopic (exact) mass is 231 g/mol. The second-order valence-electron chi connectivity index (χ2n) is 4.80. The van der Waals surface area contributed by atoms with Gasteiger partial charge >= 0.3 is 0 Å². The number of likely N-dealkylation sites (N-methyl/N-ethyl adjacent to an activating group) is 1. The molecule has 1 fully saturated rings. The van der Waals surface area contributed by atoms with E-state index in [1.54, 1.807) is 12.3 Å². The third-order valence-electron chi connectivity index (χ3n) is 3.37. The Morgan fingerprint density at radius 3 is 2.71 bits per heavy atom. The highest BCUT2D eigenvalue weighted by molar-refractivity contribution is 5.45. The summed E-state index contributed by atoms with van der Waals surface area (Å²) < 4.78 is 0. The fraction of sp³-hybridized carbons (Fsp3) is 0.538. The molecule has 1 aliphatic rings. The summed E-state index contributed by atoms with van der Waals surface area (Å²) >= 11 is 0. The molecule has 0 aliphatic heterocycles. The van der Waals surface area contributed by atoms with Gasteiger partial charge < -0.3 is 10.0 Å². The van der Waals surface area contributed by atoms with Crippen LogP contribution in [0.25, 0.3) is 0 Å². The molecule has 1 N–H and O–H groups in total. The molecule has 0 saturated heterocycles. The Balaban J connectivity index is 2.04. The topological polar surface area (TPSA) is 60.1 Å². The van der Waals surface area contributed by atoms with Crippen molar-refractivity contribution in [2.75, 3.05) is 18.5 Å². The van der Waals surface area contributed by atoms with Crippen molar-refractivity contribution in [2.24, 2.45) is 0 Å². The first-order chi connectivity index (χ1) is 8.13. The Labute approximate surface area is 102 Å². The molecule has 4 nitrogen and oxygen atoms in total. The first-order valence-corrected chi connectivity index (χ1v) is 5.93. The quantitative estimate of drug-likeness (QED) is 0.860. The van der Waals surface area contributed by atoms with Crippen LogP contribution in [-0.4, -0.2) is 29.3 Å². The van der Waals surface area contributed by atoms with Crippen LogP contribution in [-0.2, 0) is 0 Å². The summed E-state index contributed by atoms with van der Waals surface area (Å²) in [5.41, 5.74) is 0.800. The first kappa shape index (κ1) is 11.9. The van der Waals surface area contributed by atoms with Crippen molar-refractivity contribution in [2.45, 2.75) is 31.3 Å². The fourth-order valence-electron chi connectivity index (χ4n) is 2.40. The SMILES string of the molecule is CN(CC1(O)CCCC1)c1ccc(C#N)nc1. The van der Waals surface area contributed by atoms with Gasteiger partial charge in [0.25, 0.3) is 0 Å². The number of hydrogen-bond donors (Lipinski definition) is 1.